The van der Waals surface area contributed by atoms with Gasteiger partial charge in [-0.15, -0.1) is 0 Å². The van der Waals surface area contributed by atoms with Crippen LogP contribution in [0.4, 0.5) is 0 Å². The summed E-state index contributed by atoms with van der Waals surface area (Å²) in [5.74, 6) is -0.756. The number of carbonyl (C=O) groups is 1. The molecule has 108 valence electrons. The van der Waals surface area contributed by atoms with Crippen LogP contribution in [-0.2, 0) is 22.5 Å². The number of ether oxygens (including phenoxy) is 1. The van der Waals surface area contributed by atoms with E-state index in [2.05, 4.69) is 29.8 Å². The molecule has 1 aromatic heterocycles. The Morgan fingerprint density at radius 3 is 2.85 bits per heavy atom. The molecule has 0 saturated carbocycles. The van der Waals surface area contributed by atoms with Crippen LogP contribution in [0.5, 0.6) is 0 Å². The molecular formula is C16H21NO3. The summed E-state index contributed by atoms with van der Waals surface area (Å²) in [7, 11) is 0. The molecule has 0 radical (unpaired) electrons. The summed E-state index contributed by atoms with van der Waals surface area (Å²) in [6, 6.07) is 8.12. The van der Waals surface area contributed by atoms with E-state index in [1.54, 1.807) is 0 Å². The van der Waals surface area contributed by atoms with Crippen molar-refractivity contribution in [3.8, 4) is 0 Å². The van der Waals surface area contributed by atoms with Gasteiger partial charge in [0.15, 0.2) is 0 Å². The van der Waals surface area contributed by atoms with Crippen LogP contribution >= 0.6 is 0 Å². The van der Waals surface area contributed by atoms with Crippen molar-refractivity contribution in [1.29, 1.82) is 0 Å². The molecule has 2 rings (SSSR count). The van der Waals surface area contributed by atoms with Crippen molar-refractivity contribution >= 4 is 16.9 Å². The number of carboxylic acids is 1. The zero-order valence-electron chi connectivity index (χ0n) is 11.8. The molecule has 1 N–H and O–H groups in total. The van der Waals surface area contributed by atoms with Gasteiger partial charge in [-0.05, 0) is 24.5 Å². The van der Waals surface area contributed by atoms with Gasteiger partial charge in [-0.3, -0.25) is 4.79 Å². The van der Waals surface area contributed by atoms with Crippen molar-refractivity contribution in [3.05, 3.63) is 36.0 Å². The molecule has 0 aliphatic heterocycles. The Balaban J connectivity index is 2.15. The van der Waals surface area contributed by atoms with Crippen molar-refractivity contribution in [2.45, 2.75) is 32.7 Å². The number of aromatic nitrogens is 1. The average molecular weight is 275 g/mol. The maximum Gasteiger partial charge on any atom is 0.303 e. The molecule has 0 unspecified atom stereocenters. The molecule has 0 spiro atoms. The Hall–Kier alpha value is -1.81. The number of rotatable bonds is 8. The normalized spacial score (nSPS) is 11.1. The molecule has 4 heteroatoms. The third-order valence-electron chi connectivity index (χ3n) is 3.30. The fourth-order valence-corrected chi connectivity index (χ4v) is 2.36. The van der Waals surface area contributed by atoms with Crippen LogP contribution < -0.4 is 0 Å². The summed E-state index contributed by atoms with van der Waals surface area (Å²) in [5.41, 5.74) is 2.24. The van der Waals surface area contributed by atoms with E-state index < -0.39 is 5.97 Å². The molecule has 4 nitrogen and oxygen atoms in total. The topological polar surface area (TPSA) is 51.5 Å². The van der Waals surface area contributed by atoms with Gasteiger partial charge in [-0.25, -0.2) is 0 Å². The number of aliphatic carboxylic acids is 1. The van der Waals surface area contributed by atoms with E-state index in [0.717, 1.165) is 36.0 Å². The first-order valence-electron chi connectivity index (χ1n) is 7.08. The molecule has 0 bridgehead atoms. The molecule has 0 amide bonds. The van der Waals surface area contributed by atoms with Crippen molar-refractivity contribution in [2.75, 3.05) is 13.2 Å². The van der Waals surface area contributed by atoms with Crippen molar-refractivity contribution in [2.24, 2.45) is 0 Å². The summed E-state index contributed by atoms with van der Waals surface area (Å²) < 4.78 is 7.68. The number of nitrogens with zero attached hydrogens (tertiary/aromatic N) is 1. The molecule has 0 atom stereocenters. The highest BCUT2D eigenvalue weighted by molar-refractivity contribution is 5.84. The standard InChI is InChI=1S/C16H21NO3/c1-2-10-20-11-9-17-12-13(7-8-16(18)19)14-5-3-4-6-15(14)17/h3-6,12H,2,7-11H2,1H3,(H,18,19). The Labute approximate surface area is 119 Å². The summed E-state index contributed by atoms with van der Waals surface area (Å²) >= 11 is 0. The minimum Gasteiger partial charge on any atom is -0.481 e. The fraction of sp³-hybridized carbons (Fsp3) is 0.438. The van der Waals surface area contributed by atoms with E-state index in [0.29, 0.717) is 13.0 Å². The maximum absolute atomic E-state index is 10.7. The van der Waals surface area contributed by atoms with Gasteiger partial charge in [0.2, 0.25) is 0 Å². The second kappa shape index (κ2) is 7.10. The zero-order valence-corrected chi connectivity index (χ0v) is 11.8. The van der Waals surface area contributed by atoms with Crippen LogP contribution in [-0.4, -0.2) is 28.9 Å². The molecule has 1 heterocycles. The van der Waals surface area contributed by atoms with Gasteiger partial charge in [-0.1, -0.05) is 25.1 Å². The second-order valence-corrected chi connectivity index (χ2v) is 4.87. The molecule has 0 aliphatic rings. The molecule has 20 heavy (non-hydrogen) atoms. The Bertz CT molecular complexity index is 574. The minimum absolute atomic E-state index is 0.167. The highest BCUT2D eigenvalue weighted by atomic mass is 16.5. The van der Waals surface area contributed by atoms with Crippen LogP contribution in [0.2, 0.25) is 0 Å². The van der Waals surface area contributed by atoms with Gasteiger partial charge in [0, 0.05) is 36.7 Å². The number of aryl methyl sites for hydroxylation is 1. The fourth-order valence-electron chi connectivity index (χ4n) is 2.36. The van der Waals surface area contributed by atoms with Crippen LogP contribution in [0.25, 0.3) is 10.9 Å². The molecule has 1 aromatic carbocycles. The van der Waals surface area contributed by atoms with Crippen molar-refractivity contribution in [3.63, 3.8) is 0 Å². The van der Waals surface area contributed by atoms with E-state index in [1.807, 2.05) is 12.1 Å². The van der Waals surface area contributed by atoms with Crippen molar-refractivity contribution in [1.82, 2.24) is 4.57 Å². The molecule has 0 aliphatic carbocycles. The lowest BCUT2D eigenvalue weighted by Crippen LogP contribution is -2.05. The predicted molar refractivity (Wildman–Crippen MR) is 79.0 cm³/mol. The summed E-state index contributed by atoms with van der Waals surface area (Å²) in [6.07, 6.45) is 3.82. The van der Waals surface area contributed by atoms with Crippen LogP contribution in [0.15, 0.2) is 30.5 Å². The van der Waals surface area contributed by atoms with Gasteiger partial charge in [0.05, 0.1) is 6.61 Å². The van der Waals surface area contributed by atoms with Crippen LogP contribution in [0.1, 0.15) is 25.3 Å². The highest BCUT2D eigenvalue weighted by Gasteiger charge is 2.09. The first-order valence-corrected chi connectivity index (χ1v) is 7.08. The Morgan fingerprint density at radius 1 is 1.30 bits per heavy atom. The van der Waals surface area contributed by atoms with E-state index in [-0.39, 0.29) is 6.42 Å². The molecule has 2 aromatic rings. The summed E-state index contributed by atoms with van der Waals surface area (Å²) in [4.78, 5) is 10.7. The van der Waals surface area contributed by atoms with Crippen LogP contribution in [0, 0.1) is 0 Å². The zero-order chi connectivity index (χ0) is 14.4. The monoisotopic (exact) mass is 275 g/mol. The van der Waals surface area contributed by atoms with Crippen molar-refractivity contribution < 1.29 is 14.6 Å². The minimum atomic E-state index is -0.756. The lowest BCUT2D eigenvalue weighted by atomic mass is 10.1. The first-order chi connectivity index (χ1) is 9.72. The maximum atomic E-state index is 10.7. The predicted octanol–water partition coefficient (Wildman–Crippen LogP) is 3.09. The van der Waals surface area contributed by atoms with Gasteiger partial charge in [-0.2, -0.15) is 0 Å². The molecule has 0 saturated heterocycles. The van der Waals surface area contributed by atoms with Gasteiger partial charge in [0.25, 0.3) is 0 Å². The van der Waals surface area contributed by atoms with E-state index in [9.17, 15) is 4.79 Å². The average Bonchev–Trinajstić information content (AvgIpc) is 2.80. The van der Waals surface area contributed by atoms with E-state index in [4.69, 9.17) is 9.84 Å². The first kappa shape index (κ1) is 14.6. The highest BCUT2D eigenvalue weighted by Crippen LogP contribution is 2.22. The van der Waals surface area contributed by atoms with Crippen LogP contribution in [0.3, 0.4) is 0 Å². The SMILES string of the molecule is CCCOCCn1cc(CCC(=O)O)c2ccccc21. The third kappa shape index (κ3) is 3.61. The Morgan fingerprint density at radius 2 is 2.10 bits per heavy atom. The van der Waals surface area contributed by atoms with Gasteiger partial charge >= 0.3 is 5.97 Å². The molecule has 0 fully saturated rings. The van der Waals surface area contributed by atoms with Gasteiger partial charge < -0.3 is 14.4 Å². The third-order valence-corrected chi connectivity index (χ3v) is 3.30. The Kier molecular flexibility index (Phi) is 5.18. The lowest BCUT2D eigenvalue weighted by molar-refractivity contribution is -0.136. The number of fused-ring (bicyclic) bond motifs is 1. The summed E-state index contributed by atoms with van der Waals surface area (Å²) in [5, 5.41) is 9.97. The second-order valence-electron chi connectivity index (χ2n) is 4.87. The van der Waals surface area contributed by atoms with E-state index >= 15 is 0 Å². The number of hydrogen-bond donors (Lipinski definition) is 1. The quantitative estimate of drug-likeness (QED) is 0.753. The molecular weight excluding hydrogens is 254 g/mol. The number of benzene rings is 1. The largest absolute Gasteiger partial charge is 0.481 e. The lowest BCUT2D eigenvalue weighted by Gasteiger charge is -2.05. The number of para-hydroxylation sites is 1. The number of carboxylic acid groups (broad SMARTS) is 1. The van der Waals surface area contributed by atoms with Gasteiger partial charge in [0.1, 0.15) is 0 Å². The smallest absolute Gasteiger partial charge is 0.303 e. The number of hydrogen-bond acceptors (Lipinski definition) is 2. The van der Waals surface area contributed by atoms with E-state index in [1.165, 1.54) is 0 Å². The summed E-state index contributed by atoms with van der Waals surface area (Å²) in [6.45, 7) is 4.36.